The molecular formula is C39H62O12. The standard InChI is InChI=1S/C39H62O12/c1-20(40)48-19-39-16-15-38-18-37(38)14-12-25(50-32-28(44)27(43)22(42)17-47-32)33(3,4)23(37)9-10-24(38)36(39,8)31(45)29(49-21(2)41)30(39)35(7)13-11-26(51-35)34(5,6)46/h22-32,42-46H,9-19H2,1-8H3. The van der Waals surface area contributed by atoms with E-state index in [0.717, 1.165) is 38.5 Å². The molecule has 5 N–H and O–H groups in total. The van der Waals surface area contributed by atoms with Crippen LogP contribution in [-0.4, -0.2) is 111 Å². The molecule has 12 nitrogen and oxygen atoms in total. The summed E-state index contributed by atoms with van der Waals surface area (Å²) in [5, 5.41) is 54.7. The highest BCUT2D eigenvalue weighted by Crippen LogP contribution is 2.89. The molecule has 2 heterocycles. The maximum Gasteiger partial charge on any atom is 0.303 e. The van der Waals surface area contributed by atoms with Crippen molar-refractivity contribution in [3.05, 3.63) is 0 Å². The van der Waals surface area contributed by atoms with Gasteiger partial charge >= 0.3 is 11.9 Å². The molecule has 16 unspecified atom stereocenters. The van der Waals surface area contributed by atoms with Crippen molar-refractivity contribution >= 4 is 11.9 Å². The van der Waals surface area contributed by atoms with E-state index < -0.39 is 82.8 Å². The van der Waals surface area contributed by atoms with Gasteiger partial charge < -0.3 is 49.2 Å². The minimum Gasteiger partial charge on any atom is -0.465 e. The van der Waals surface area contributed by atoms with Gasteiger partial charge in [0.15, 0.2) is 6.29 Å². The number of ether oxygens (including phenoxy) is 5. The van der Waals surface area contributed by atoms with Gasteiger partial charge in [0.1, 0.15) is 24.4 Å². The number of aliphatic hydroxyl groups excluding tert-OH is 4. The Morgan fingerprint density at radius 3 is 2.14 bits per heavy atom. The lowest BCUT2D eigenvalue weighted by atomic mass is 9.41. The maximum absolute atomic E-state index is 12.8. The Morgan fingerprint density at radius 2 is 1.51 bits per heavy atom. The van der Waals surface area contributed by atoms with Crippen molar-refractivity contribution in [2.75, 3.05) is 13.2 Å². The van der Waals surface area contributed by atoms with Crippen molar-refractivity contribution in [2.45, 2.75) is 173 Å². The molecule has 2 saturated heterocycles. The Balaban J connectivity index is 1.24. The van der Waals surface area contributed by atoms with Crippen LogP contribution in [0.15, 0.2) is 0 Å². The quantitative estimate of drug-likeness (QED) is 0.192. The summed E-state index contributed by atoms with van der Waals surface area (Å²) in [6.07, 6.45) is -0.339. The first-order valence-electron chi connectivity index (χ1n) is 19.3. The van der Waals surface area contributed by atoms with Crippen LogP contribution in [0.2, 0.25) is 0 Å². The number of fused-ring (bicyclic) bond motifs is 2. The lowest BCUT2D eigenvalue weighted by Crippen LogP contribution is -2.63. The fourth-order valence-corrected chi connectivity index (χ4v) is 13.9. The highest BCUT2D eigenvalue weighted by molar-refractivity contribution is 5.67. The van der Waals surface area contributed by atoms with Gasteiger partial charge in [0, 0.05) is 30.6 Å². The summed E-state index contributed by atoms with van der Waals surface area (Å²) in [7, 11) is 0. The molecule has 7 rings (SSSR count). The lowest BCUT2D eigenvalue weighted by Gasteiger charge is -2.64. The first kappa shape index (κ1) is 37.9. The smallest absolute Gasteiger partial charge is 0.303 e. The molecule has 0 amide bonds. The Labute approximate surface area is 301 Å². The predicted octanol–water partition coefficient (Wildman–Crippen LogP) is 3.01. The van der Waals surface area contributed by atoms with Gasteiger partial charge in [-0.2, -0.15) is 0 Å². The topological polar surface area (TPSA) is 181 Å². The minimum atomic E-state index is -1.35. The Morgan fingerprint density at radius 1 is 0.843 bits per heavy atom. The van der Waals surface area contributed by atoms with Gasteiger partial charge in [-0.1, -0.05) is 20.8 Å². The average molecular weight is 723 g/mol. The number of carbonyl (C=O) groups excluding carboxylic acids is 2. The van der Waals surface area contributed by atoms with Crippen molar-refractivity contribution in [1.29, 1.82) is 0 Å². The zero-order valence-corrected chi connectivity index (χ0v) is 31.7. The zero-order valence-electron chi connectivity index (χ0n) is 31.7. The van der Waals surface area contributed by atoms with Crippen molar-refractivity contribution < 1.29 is 58.8 Å². The molecule has 0 aromatic heterocycles. The highest BCUT2D eigenvalue weighted by Gasteiger charge is 2.86. The van der Waals surface area contributed by atoms with Gasteiger partial charge in [-0.3, -0.25) is 9.59 Å². The van der Waals surface area contributed by atoms with Crippen LogP contribution in [0.25, 0.3) is 0 Å². The second kappa shape index (κ2) is 12.1. The normalized spacial score (nSPS) is 52.9. The van der Waals surface area contributed by atoms with E-state index in [1.54, 1.807) is 13.8 Å². The molecular weight excluding hydrogens is 660 g/mol. The zero-order chi connectivity index (χ0) is 37.3. The van der Waals surface area contributed by atoms with Gasteiger partial charge in [-0.05, 0) is 107 Å². The predicted molar refractivity (Wildman–Crippen MR) is 182 cm³/mol. The third-order valence-electron chi connectivity index (χ3n) is 16.2. The van der Waals surface area contributed by atoms with Crippen LogP contribution >= 0.6 is 0 Å². The molecule has 51 heavy (non-hydrogen) atoms. The molecule has 0 radical (unpaired) electrons. The van der Waals surface area contributed by atoms with Crippen LogP contribution in [-0.2, 0) is 33.3 Å². The van der Waals surface area contributed by atoms with Crippen molar-refractivity contribution in [2.24, 2.45) is 44.8 Å². The van der Waals surface area contributed by atoms with Gasteiger partial charge in [-0.15, -0.1) is 0 Å². The summed E-state index contributed by atoms with van der Waals surface area (Å²) >= 11 is 0. The van der Waals surface area contributed by atoms with Gasteiger partial charge in [-0.25, -0.2) is 0 Å². The molecule has 0 bridgehead atoms. The van der Waals surface area contributed by atoms with E-state index in [4.69, 9.17) is 23.7 Å². The third-order valence-corrected chi connectivity index (χ3v) is 16.2. The van der Waals surface area contributed by atoms with E-state index in [-0.39, 0.29) is 41.5 Å². The number of rotatable bonds is 7. The first-order chi connectivity index (χ1) is 23.6. The van der Waals surface area contributed by atoms with Crippen molar-refractivity contribution in [3.63, 3.8) is 0 Å². The van der Waals surface area contributed by atoms with E-state index in [1.807, 2.05) is 6.92 Å². The third kappa shape index (κ3) is 5.20. The van der Waals surface area contributed by atoms with Crippen LogP contribution in [0.3, 0.4) is 0 Å². The lowest BCUT2D eigenvalue weighted by molar-refractivity contribution is -0.303. The fourth-order valence-electron chi connectivity index (χ4n) is 13.9. The first-order valence-corrected chi connectivity index (χ1v) is 19.3. The summed E-state index contributed by atoms with van der Waals surface area (Å²) in [5.74, 6) is -1.01. The molecule has 7 aliphatic rings. The second-order valence-corrected chi connectivity index (χ2v) is 19.2. The largest absolute Gasteiger partial charge is 0.465 e. The van der Waals surface area contributed by atoms with Crippen LogP contribution in [0.5, 0.6) is 0 Å². The molecule has 12 heteroatoms. The minimum absolute atomic E-state index is 0.00608. The van der Waals surface area contributed by atoms with Crippen LogP contribution < -0.4 is 0 Å². The summed E-state index contributed by atoms with van der Waals surface area (Å²) in [6, 6.07) is 0. The molecule has 0 aromatic rings. The van der Waals surface area contributed by atoms with E-state index in [1.165, 1.54) is 13.8 Å². The number of esters is 2. The molecule has 2 spiro atoms. The summed E-state index contributed by atoms with van der Waals surface area (Å²) in [5.41, 5.74) is -3.86. The fraction of sp³-hybridized carbons (Fsp3) is 0.949. The van der Waals surface area contributed by atoms with Crippen LogP contribution in [0.1, 0.15) is 113 Å². The molecule has 5 saturated carbocycles. The maximum atomic E-state index is 12.8. The molecule has 0 aromatic carbocycles. The van der Waals surface area contributed by atoms with Crippen molar-refractivity contribution in [3.8, 4) is 0 Å². The SMILES string of the molecule is CC(=O)OCC12CCC34CC35CCC(OC3OCC(O)C(O)C3O)C(C)(C)C5CCC4C1(C)C(O)C(OC(C)=O)C2C1(C)CCC(C(C)(C)O)O1. The van der Waals surface area contributed by atoms with E-state index in [9.17, 15) is 35.1 Å². The summed E-state index contributed by atoms with van der Waals surface area (Å²) in [6.45, 7) is 14.9. The average Bonchev–Trinajstić information content (AvgIpc) is 3.45. The van der Waals surface area contributed by atoms with E-state index in [2.05, 4.69) is 20.8 Å². The number of hydrogen-bond donors (Lipinski definition) is 5. The van der Waals surface area contributed by atoms with Gasteiger partial charge in [0.25, 0.3) is 0 Å². The Hall–Kier alpha value is -1.38. The van der Waals surface area contributed by atoms with Crippen LogP contribution in [0, 0.1) is 44.8 Å². The van der Waals surface area contributed by atoms with Gasteiger partial charge in [0.2, 0.25) is 0 Å². The van der Waals surface area contributed by atoms with Crippen LogP contribution in [0.4, 0.5) is 0 Å². The molecule has 290 valence electrons. The Kier molecular flexibility index (Phi) is 8.97. The van der Waals surface area contributed by atoms with E-state index in [0.29, 0.717) is 25.2 Å². The molecule has 16 atom stereocenters. The highest BCUT2D eigenvalue weighted by atomic mass is 16.7. The number of aliphatic hydroxyl groups is 5. The van der Waals surface area contributed by atoms with E-state index >= 15 is 0 Å². The number of hydrogen-bond acceptors (Lipinski definition) is 12. The molecule has 2 aliphatic heterocycles. The Bertz CT molecular complexity index is 1400. The van der Waals surface area contributed by atoms with Gasteiger partial charge in [0.05, 0.1) is 42.7 Å². The summed E-state index contributed by atoms with van der Waals surface area (Å²) < 4.78 is 31.0. The van der Waals surface area contributed by atoms with Crippen molar-refractivity contribution in [1.82, 2.24) is 0 Å². The second-order valence-electron chi connectivity index (χ2n) is 19.2. The summed E-state index contributed by atoms with van der Waals surface area (Å²) in [4.78, 5) is 25.3. The number of carbonyl (C=O) groups is 2. The molecule has 5 aliphatic carbocycles. The monoisotopic (exact) mass is 722 g/mol. The molecule has 7 fully saturated rings.